The topological polar surface area (TPSA) is 143 Å². The Bertz CT molecular complexity index is 1840. The highest BCUT2D eigenvalue weighted by Crippen LogP contribution is 2.45. The predicted molar refractivity (Wildman–Crippen MR) is 176 cm³/mol. The van der Waals surface area contributed by atoms with Crippen LogP contribution < -0.4 is 11.1 Å². The van der Waals surface area contributed by atoms with E-state index in [0.717, 1.165) is 42.4 Å². The highest BCUT2D eigenvalue weighted by molar-refractivity contribution is 8.00. The molecular formula is C33H29ClN4O5S2. The molecule has 12 heteroatoms. The minimum absolute atomic E-state index is 0.0993. The normalized spacial score (nSPS) is 21.3. The Morgan fingerprint density at radius 2 is 1.84 bits per heavy atom. The van der Waals surface area contributed by atoms with E-state index in [-0.39, 0.29) is 17.4 Å². The fourth-order valence-corrected chi connectivity index (χ4v) is 8.78. The van der Waals surface area contributed by atoms with Crippen molar-refractivity contribution >= 4 is 74.5 Å². The van der Waals surface area contributed by atoms with Gasteiger partial charge in [0, 0.05) is 33.7 Å². The fourth-order valence-electron chi connectivity index (χ4n) is 6.68. The van der Waals surface area contributed by atoms with Gasteiger partial charge in [-0.2, -0.15) is 0 Å². The van der Waals surface area contributed by atoms with Gasteiger partial charge in [0.15, 0.2) is 10.9 Å². The van der Waals surface area contributed by atoms with Crippen molar-refractivity contribution in [2.75, 3.05) is 11.5 Å². The van der Waals surface area contributed by atoms with Crippen molar-refractivity contribution in [1.29, 1.82) is 0 Å². The number of aliphatic carboxylic acids is 1. The highest BCUT2D eigenvalue weighted by atomic mass is 35.5. The largest absolute Gasteiger partial charge is 0.477 e. The monoisotopic (exact) mass is 660 g/mol. The molecule has 0 unspecified atom stereocenters. The van der Waals surface area contributed by atoms with Crippen LogP contribution in [0.4, 0.5) is 5.13 Å². The molecule has 3 heterocycles. The third-order valence-electron chi connectivity index (χ3n) is 8.94. The minimum atomic E-state index is -1.23. The molecule has 2 atom stereocenters. The Kier molecular flexibility index (Phi) is 7.79. The number of carbonyl (C=O) groups is 4. The van der Waals surface area contributed by atoms with Gasteiger partial charge in [0.05, 0.1) is 11.3 Å². The Morgan fingerprint density at radius 1 is 1.07 bits per heavy atom. The van der Waals surface area contributed by atoms with Gasteiger partial charge < -0.3 is 16.2 Å². The summed E-state index contributed by atoms with van der Waals surface area (Å²) in [4.78, 5) is 58.5. The molecule has 2 fully saturated rings. The van der Waals surface area contributed by atoms with Gasteiger partial charge in [-0.3, -0.25) is 19.3 Å². The van der Waals surface area contributed by atoms with Gasteiger partial charge in [0.25, 0.3) is 11.8 Å². The summed E-state index contributed by atoms with van der Waals surface area (Å²) in [7, 11) is 0. The summed E-state index contributed by atoms with van der Waals surface area (Å²) in [5.41, 5.74) is 11.2. The quantitative estimate of drug-likeness (QED) is 0.133. The number of halogens is 1. The summed E-state index contributed by atoms with van der Waals surface area (Å²) in [5, 5.41) is 14.7. The van der Waals surface area contributed by atoms with Crippen LogP contribution in [0.5, 0.6) is 0 Å². The number of fused-ring (bicyclic) bond motifs is 4. The first-order chi connectivity index (χ1) is 21.7. The third-order valence-corrected chi connectivity index (χ3v) is 11.2. The number of benzene rings is 2. The van der Waals surface area contributed by atoms with Gasteiger partial charge in [0.2, 0.25) is 0 Å². The number of carbonyl (C=O) groups excluding carboxylic acids is 3. The number of rotatable bonds is 7. The van der Waals surface area contributed by atoms with Gasteiger partial charge in [-0.25, -0.2) is 9.78 Å². The molecule has 2 amide bonds. The number of β-lactam (4-membered cyclic amide) rings is 1. The maximum atomic E-state index is 13.6. The lowest BCUT2D eigenvalue weighted by Gasteiger charge is -2.49. The summed E-state index contributed by atoms with van der Waals surface area (Å²) < 4.78 is 0. The number of alkyl halides is 1. The molecule has 1 saturated carbocycles. The second-order valence-corrected chi connectivity index (χ2v) is 13.9. The number of nitrogens with one attached hydrogen (secondary N) is 1. The molecule has 2 aromatic carbocycles. The van der Waals surface area contributed by atoms with E-state index in [1.807, 2.05) is 24.3 Å². The Balaban J connectivity index is 1.16. The molecule has 9 nitrogen and oxygen atoms in total. The number of nitrogens with two attached hydrogens (primary N) is 1. The van der Waals surface area contributed by atoms with Crippen LogP contribution in [0.15, 0.2) is 53.6 Å². The van der Waals surface area contributed by atoms with Crippen LogP contribution >= 0.6 is 34.7 Å². The minimum Gasteiger partial charge on any atom is -0.477 e. The summed E-state index contributed by atoms with van der Waals surface area (Å²) in [6.07, 6.45) is 7.28. The highest BCUT2D eigenvalue weighted by Gasteiger charge is 2.54. The van der Waals surface area contributed by atoms with E-state index in [9.17, 15) is 24.3 Å². The van der Waals surface area contributed by atoms with Gasteiger partial charge in [-0.05, 0) is 59.2 Å². The number of nitrogen functional groups attached to an aromatic ring is 1. The molecule has 4 aliphatic rings. The number of hydrogen-bond donors (Lipinski definition) is 3. The summed E-state index contributed by atoms with van der Waals surface area (Å²) in [6.45, 7) is 0. The summed E-state index contributed by atoms with van der Waals surface area (Å²) in [5.74, 6) is -1.40. The first-order valence-electron chi connectivity index (χ1n) is 14.8. The molecule has 0 bridgehead atoms. The molecule has 1 aromatic heterocycles. The van der Waals surface area contributed by atoms with E-state index < -0.39 is 29.2 Å². The maximum absolute atomic E-state index is 13.6. The lowest BCUT2D eigenvalue weighted by Crippen LogP contribution is -2.70. The second-order valence-electron chi connectivity index (χ2n) is 11.6. The van der Waals surface area contributed by atoms with Crippen LogP contribution in [0.2, 0.25) is 0 Å². The number of thioether (sulfide) groups is 1. The van der Waals surface area contributed by atoms with Crippen LogP contribution in [-0.2, 0) is 20.3 Å². The molecule has 4 N–H and O–H groups in total. The number of hydrogen-bond acceptors (Lipinski definition) is 8. The lowest BCUT2D eigenvalue weighted by atomic mass is 9.87. The zero-order valence-electron chi connectivity index (χ0n) is 24.0. The number of ketones is 1. The van der Waals surface area contributed by atoms with Gasteiger partial charge >= 0.3 is 5.97 Å². The van der Waals surface area contributed by atoms with E-state index in [2.05, 4.69) is 10.3 Å². The van der Waals surface area contributed by atoms with Crippen molar-refractivity contribution in [1.82, 2.24) is 15.2 Å². The number of amides is 2. The standard InChI is InChI=1S/C33H29ClN4O5S2/c34-13-17-6-8-19-21-12-18(7-9-20(21)28(39)22(19)11-17)24-14-44-31-26(30(41)38(31)27(24)32(42)43)37-29(40)23(25-15-45-33(35)36-25)10-16-4-2-1-3-5-16/h6-12,15-16,26,31H,1-5,13-14H2,(H2,35,36)(H,37,40)(H,42,43)/t26-,31+/m1/s1. The van der Waals surface area contributed by atoms with Crippen LogP contribution in [0.1, 0.15) is 64.8 Å². The van der Waals surface area contributed by atoms with E-state index in [4.69, 9.17) is 17.3 Å². The van der Waals surface area contributed by atoms with Gasteiger partial charge in [-0.1, -0.05) is 43.5 Å². The van der Waals surface area contributed by atoms with Crippen molar-refractivity contribution in [3.8, 4) is 11.1 Å². The molecule has 2 aliphatic heterocycles. The molecule has 45 heavy (non-hydrogen) atoms. The molecule has 230 valence electrons. The van der Waals surface area contributed by atoms with Crippen molar-refractivity contribution < 1.29 is 24.3 Å². The Hall–Kier alpha value is -3.93. The average Bonchev–Trinajstić information content (AvgIpc) is 3.61. The molecule has 7 rings (SSSR count). The number of carboxylic acid groups (broad SMARTS) is 1. The average molecular weight is 661 g/mol. The second kappa shape index (κ2) is 11.8. The zero-order chi connectivity index (χ0) is 31.4. The first-order valence-corrected chi connectivity index (χ1v) is 17.2. The smallest absolute Gasteiger partial charge is 0.352 e. The maximum Gasteiger partial charge on any atom is 0.352 e. The van der Waals surface area contributed by atoms with E-state index in [0.29, 0.717) is 50.3 Å². The van der Waals surface area contributed by atoms with Crippen LogP contribution in [0, 0.1) is 5.92 Å². The molecule has 0 spiro atoms. The Morgan fingerprint density at radius 3 is 2.56 bits per heavy atom. The molecule has 2 aliphatic carbocycles. The number of nitrogens with zero attached hydrogens (tertiary/aromatic N) is 2. The van der Waals surface area contributed by atoms with Gasteiger partial charge in [-0.15, -0.1) is 34.7 Å². The van der Waals surface area contributed by atoms with Crippen molar-refractivity contribution in [2.45, 2.75) is 49.4 Å². The molecule has 1 saturated heterocycles. The number of thiazole rings is 1. The predicted octanol–water partition coefficient (Wildman–Crippen LogP) is 5.54. The first kappa shape index (κ1) is 29.8. The van der Waals surface area contributed by atoms with Crippen molar-refractivity contribution in [3.63, 3.8) is 0 Å². The van der Waals surface area contributed by atoms with E-state index in [1.54, 1.807) is 23.6 Å². The number of carboxylic acids is 1. The third kappa shape index (κ3) is 5.16. The SMILES string of the molecule is Nc1nc(C(=CC2CCCCC2)C(=O)N[C@@H]2C(=O)N3C(C(=O)O)=C(c4ccc5c(c4)-c4ccc(CCl)cc4C5=O)CS[C@@H]23)cs1. The number of anilines is 1. The van der Waals surface area contributed by atoms with Crippen molar-refractivity contribution in [3.05, 3.63) is 81.5 Å². The van der Waals surface area contributed by atoms with Crippen LogP contribution in [0.25, 0.3) is 22.3 Å². The van der Waals surface area contributed by atoms with Crippen molar-refractivity contribution in [2.24, 2.45) is 5.92 Å². The zero-order valence-corrected chi connectivity index (χ0v) is 26.4. The van der Waals surface area contributed by atoms with E-state index >= 15 is 0 Å². The van der Waals surface area contributed by atoms with Crippen LogP contribution in [-0.4, -0.2) is 55.7 Å². The molecular weight excluding hydrogens is 632 g/mol. The molecule has 0 radical (unpaired) electrons. The lowest BCUT2D eigenvalue weighted by molar-refractivity contribution is -0.150. The van der Waals surface area contributed by atoms with Gasteiger partial charge in [0.1, 0.15) is 17.1 Å². The molecule has 3 aromatic rings. The Labute approximate surface area is 272 Å². The van der Waals surface area contributed by atoms with Crippen LogP contribution in [0.3, 0.4) is 0 Å². The summed E-state index contributed by atoms with van der Waals surface area (Å²) in [6, 6.07) is 9.91. The van der Waals surface area contributed by atoms with E-state index in [1.165, 1.54) is 34.4 Å². The fraction of sp³-hybridized carbons (Fsp3) is 0.303. The summed E-state index contributed by atoms with van der Waals surface area (Å²) >= 11 is 8.63. The number of aromatic nitrogens is 1. The number of allylic oxidation sites excluding steroid dienone is 1.